The SMILES string of the molecule is CC(CC12CC3CC(CC(C3)C1)C2)=NNc1cnccn1. The lowest BCUT2D eigenvalue weighted by atomic mass is 9.48. The Morgan fingerprint density at radius 3 is 2.43 bits per heavy atom. The average Bonchev–Trinajstić information content (AvgIpc) is 2.44. The fraction of sp³-hybridized carbons (Fsp3) is 0.706. The second-order valence-corrected chi connectivity index (χ2v) is 7.64. The van der Waals surface area contributed by atoms with Crippen LogP contribution in [0.2, 0.25) is 0 Å². The molecule has 112 valence electrons. The van der Waals surface area contributed by atoms with Crippen molar-refractivity contribution in [3.8, 4) is 0 Å². The third-order valence-corrected chi connectivity index (χ3v) is 5.72. The van der Waals surface area contributed by atoms with Crippen molar-refractivity contribution in [3.63, 3.8) is 0 Å². The van der Waals surface area contributed by atoms with Crippen LogP contribution in [0.25, 0.3) is 0 Å². The monoisotopic (exact) mass is 284 g/mol. The molecule has 21 heavy (non-hydrogen) atoms. The molecule has 0 amide bonds. The van der Waals surface area contributed by atoms with E-state index in [9.17, 15) is 0 Å². The Morgan fingerprint density at radius 1 is 1.19 bits per heavy atom. The first-order chi connectivity index (χ1) is 10.2. The highest BCUT2D eigenvalue weighted by Gasteiger charge is 2.50. The normalized spacial score (nSPS) is 37.8. The van der Waals surface area contributed by atoms with E-state index in [0.717, 1.165) is 30.0 Å². The summed E-state index contributed by atoms with van der Waals surface area (Å²) in [5, 5.41) is 4.53. The molecule has 1 aromatic rings. The summed E-state index contributed by atoms with van der Waals surface area (Å²) in [5.74, 6) is 3.76. The zero-order valence-electron chi connectivity index (χ0n) is 12.8. The molecule has 1 heterocycles. The second kappa shape index (κ2) is 5.08. The number of hydrazone groups is 1. The number of hydrogen-bond donors (Lipinski definition) is 1. The first-order valence-electron chi connectivity index (χ1n) is 8.26. The molecule has 4 saturated carbocycles. The molecular weight excluding hydrogens is 260 g/mol. The Bertz CT molecular complexity index is 502. The van der Waals surface area contributed by atoms with Gasteiger partial charge in [0.05, 0.1) is 6.20 Å². The summed E-state index contributed by atoms with van der Waals surface area (Å²) in [6.07, 6.45) is 15.1. The minimum atomic E-state index is 0.562. The van der Waals surface area contributed by atoms with Crippen LogP contribution >= 0.6 is 0 Å². The van der Waals surface area contributed by atoms with Gasteiger partial charge in [-0.25, -0.2) is 4.98 Å². The molecule has 0 aromatic carbocycles. The van der Waals surface area contributed by atoms with E-state index < -0.39 is 0 Å². The van der Waals surface area contributed by atoms with Crippen LogP contribution in [0.15, 0.2) is 23.7 Å². The van der Waals surface area contributed by atoms with Crippen LogP contribution in [-0.2, 0) is 0 Å². The van der Waals surface area contributed by atoms with Gasteiger partial charge in [-0.05, 0) is 75.0 Å². The highest BCUT2D eigenvalue weighted by molar-refractivity contribution is 5.83. The summed E-state index contributed by atoms with van der Waals surface area (Å²) in [7, 11) is 0. The van der Waals surface area contributed by atoms with Gasteiger partial charge in [0.25, 0.3) is 0 Å². The standard InChI is InChI=1S/C17H24N4/c1-12(20-21-16-11-18-2-3-19-16)7-17-8-13-4-14(9-17)6-15(5-13)10-17/h2-3,11,13-15H,4-10H2,1H3,(H,19,21). The van der Waals surface area contributed by atoms with E-state index in [-0.39, 0.29) is 0 Å². The molecule has 0 spiro atoms. The van der Waals surface area contributed by atoms with Crippen LogP contribution in [0.1, 0.15) is 51.9 Å². The maximum absolute atomic E-state index is 4.53. The number of aromatic nitrogens is 2. The van der Waals surface area contributed by atoms with Crippen LogP contribution in [-0.4, -0.2) is 15.7 Å². The minimum Gasteiger partial charge on any atom is -0.260 e. The molecule has 0 radical (unpaired) electrons. The number of nitrogens with zero attached hydrogens (tertiary/aromatic N) is 3. The summed E-state index contributed by atoms with van der Waals surface area (Å²) in [4.78, 5) is 8.25. The van der Waals surface area contributed by atoms with Gasteiger partial charge in [0, 0.05) is 18.1 Å². The Kier molecular flexibility index (Phi) is 3.20. The largest absolute Gasteiger partial charge is 0.260 e. The molecule has 4 aliphatic carbocycles. The molecule has 4 fully saturated rings. The van der Waals surface area contributed by atoms with Crippen LogP contribution in [0, 0.1) is 23.2 Å². The van der Waals surface area contributed by atoms with E-state index in [1.807, 2.05) is 0 Å². The first kappa shape index (κ1) is 13.2. The van der Waals surface area contributed by atoms with Crippen molar-refractivity contribution in [2.45, 2.75) is 51.9 Å². The maximum atomic E-state index is 4.53. The van der Waals surface area contributed by atoms with Crippen molar-refractivity contribution in [3.05, 3.63) is 18.6 Å². The molecule has 1 aromatic heterocycles. The second-order valence-electron chi connectivity index (χ2n) is 7.64. The van der Waals surface area contributed by atoms with Gasteiger partial charge in [0.15, 0.2) is 5.82 Å². The first-order valence-corrected chi connectivity index (χ1v) is 8.26. The third kappa shape index (κ3) is 2.68. The van der Waals surface area contributed by atoms with Crippen molar-refractivity contribution < 1.29 is 0 Å². The highest BCUT2D eigenvalue weighted by Crippen LogP contribution is 2.61. The van der Waals surface area contributed by atoms with Crippen molar-refractivity contribution in [2.24, 2.45) is 28.3 Å². The molecule has 1 N–H and O–H groups in total. The zero-order chi connectivity index (χ0) is 14.3. The number of rotatable bonds is 4. The zero-order valence-corrected chi connectivity index (χ0v) is 12.8. The maximum Gasteiger partial charge on any atom is 0.164 e. The van der Waals surface area contributed by atoms with Gasteiger partial charge in [-0.3, -0.25) is 10.4 Å². The topological polar surface area (TPSA) is 50.2 Å². The molecule has 0 atom stereocenters. The molecular formula is C17H24N4. The summed E-state index contributed by atoms with van der Waals surface area (Å²) in [6.45, 7) is 2.15. The summed E-state index contributed by atoms with van der Waals surface area (Å²) < 4.78 is 0. The molecule has 0 aliphatic heterocycles. The van der Waals surface area contributed by atoms with Crippen molar-refractivity contribution >= 4 is 11.5 Å². The van der Waals surface area contributed by atoms with Crippen molar-refractivity contribution in [1.29, 1.82) is 0 Å². The van der Waals surface area contributed by atoms with Gasteiger partial charge in [0.2, 0.25) is 0 Å². The van der Waals surface area contributed by atoms with Crippen LogP contribution in [0.5, 0.6) is 0 Å². The summed E-state index contributed by atoms with van der Waals surface area (Å²) >= 11 is 0. The van der Waals surface area contributed by atoms with E-state index in [1.54, 1.807) is 18.6 Å². The lowest BCUT2D eigenvalue weighted by molar-refractivity contribution is -0.0482. The average molecular weight is 284 g/mol. The van der Waals surface area contributed by atoms with E-state index in [4.69, 9.17) is 0 Å². The van der Waals surface area contributed by atoms with Crippen LogP contribution in [0.4, 0.5) is 5.82 Å². The van der Waals surface area contributed by atoms with Crippen molar-refractivity contribution in [2.75, 3.05) is 5.43 Å². The Balaban J connectivity index is 1.43. The number of hydrogen-bond acceptors (Lipinski definition) is 4. The lowest BCUT2D eigenvalue weighted by Crippen LogP contribution is -2.46. The van der Waals surface area contributed by atoms with Crippen LogP contribution in [0.3, 0.4) is 0 Å². The van der Waals surface area contributed by atoms with Gasteiger partial charge in [-0.1, -0.05) is 0 Å². The predicted octanol–water partition coefficient (Wildman–Crippen LogP) is 3.87. The summed E-state index contributed by atoms with van der Waals surface area (Å²) in [6, 6.07) is 0. The Labute approximate surface area is 126 Å². The van der Waals surface area contributed by atoms with Gasteiger partial charge in [0.1, 0.15) is 0 Å². The minimum absolute atomic E-state index is 0.562. The smallest absolute Gasteiger partial charge is 0.164 e. The fourth-order valence-electron chi connectivity index (χ4n) is 5.60. The number of nitrogens with one attached hydrogen (secondary N) is 1. The molecule has 4 aliphatic rings. The van der Waals surface area contributed by atoms with Gasteiger partial charge in [-0.15, -0.1) is 0 Å². The molecule has 0 saturated heterocycles. The Morgan fingerprint density at radius 2 is 1.86 bits per heavy atom. The molecule has 4 heteroatoms. The van der Waals surface area contributed by atoms with Gasteiger partial charge < -0.3 is 0 Å². The van der Waals surface area contributed by atoms with Crippen LogP contribution < -0.4 is 5.43 Å². The van der Waals surface area contributed by atoms with E-state index in [2.05, 4.69) is 27.4 Å². The molecule has 4 bridgehead atoms. The lowest BCUT2D eigenvalue weighted by Gasteiger charge is -2.57. The van der Waals surface area contributed by atoms with E-state index in [0.29, 0.717) is 5.41 Å². The number of anilines is 1. The van der Waals surface area contributed by atoms with Gasteiger partial charge >= 0.3 is 0 Å². The quantitative estimate of drug-likeness (QED) is 0.674. The molecule has 0 unspecified atom stereocenters. The van der Waals surface area contributed by atoms with E-state index in [1.165, 1.54) is 44.2 Å². The van der Waals surface area contributed by atoms with E-state index >= 15 is 0 Å². The fourth-order valence-corrected chi connectivity index (χ4v) is 5.60. The molecule has 4 nitrogen and oxygen atoms in total. The predicted molar refractivity (Wildman–Crippen MR) is 84.0 cm³/mol. The molecule has 5 rings (SSSR count). The van der Waals surface area contributed by atoms with Crippen molar-refractivity contribution in [1.82, 2.24) is 9.97 Å². The van der Waals surface area contributed by atoms with Gasteiger partial charge in [-0.2, -0.15) is 5.10 Å². The third-order valence-electron chi connectivity index (χ3n) is 5.72. The Hall–Kier alpha value is -1.45. The highest BCUT2D eigenvalue weighted by atomic mass is 15.3. The summed E-state index contributed by atoms with van der Waals surface area (Å²) in [5.41, 5.74) is 4.81.